The first kappa shape index (κ1) is 31.5. The number of hydrogen-bond acceptors (Lipinski definition) is 5. The Labute approximate surface area is 247 Å². The van der Waals surface area contributed by atoms with Crippen LogP contribution in [0.2, 0.25) is 10.0 Å². The Morgan fingerprint density at radius 2 is 1.32 bits per heavy atom. The highest BCUT2D eigenvalue weighted by molar-refractivity contribution is 6.38. The maximum Gasteiger partial charge on any atom is 0.343 e. The predicted molar refractivity (Wildman–Crippen MR) is 162 cm³/mol. The average molecular weight is 586 g/mol. The molecule has 0 spiro atoms. The van der Waals surface area contributed by atoms with Crippen LogP contribution in [0.15, 0.2) is 60.7 Å². The van der Waals surface area contributed by atoms with Crippen LogP contribution in [-0.4, -0.2) is 25.2 Å². The monoisotopic (exact) mass is 584 g/mol. The van der Waals surface area contributed by atoms with Crippen molar-refractivity contribution in [1.29, 1.82) is 0 Å². The lowest BCUT2D eigenvalue weighted by Gasteiger charge is -2.12. The molecule has 0 heterocycles. The lowest BCUT2D eigenvalue weighted by Crippen LogP contribution is -2.12. The van der Waals surface area contributed by atoms with Gasteiger partial charge >= 0.3 is 11.9 Å². The van der Waals surface area contributed by atoms with Crippen LogP contribution >= 0.6 is 23.2 Å². The number of carbonyl (C=O) groups excluding carboxylic acids is 2. The molecule has 1 atom stereocenters. The van der Waals surface area contributed by atoms with Crippen LogP contribution in [0.1, 0.15) is 86.4 Å². The Balaban J connectivity index is 1.55. The second-order valence-corrected chi connectivity index (χ2v) is 10.8. The number of benzene rings is 3. The fourth-order valence-corrected chi connectivity index (χ4v) is 4.52. The summed E-state index contributed by atoms with van der Waals surface area (Å²) in [5, 5.41) is 0.0959. The molecule has 0 aliphatic carbocycles. The molecule has 3 aromatic carbocycles. The van der Waals surface area contributed by atoms with E-state index in [4.69, 9.17) is 37.4 Å². The summed E-state index contributed by atoms with van der Waals surface area (Å²) < 4.78 is 16.6. The molecule has 0 saturated heterocycles. The van der Waals surface area contributed by atoms with Crippen molar-refractivity contribution in [2.45, 2.75) is 65.7 Å². The van der Waals surface area contributed by atoms with Gasteiger partial charge in [-0.25, -0.2) is 9.59 Å². The van der Waals surface area contributed by atoms with Crippen molar-refractivity contribution in [1.82, 2.24) is 0 Å². The van der Waals surface area contributed by atoms with E-state index in [9.17, 15) is 9.59 Å². The minimum absolute atomic E-state index is 0.00701. The van der Waals surface area contributed by atoms with Crippen molar-refractivity contribution in [2.75, 3.05) is 13.2 Å². The molecule has 40 heavy (non-hydrogen) atoms. The van der Waals surface area contributed by atoms with Gasteiger partial charge in [-0.2, -0.15) is 0 Å². The Morgan fingerprint density at radius 1 is 0.750 bits per heavy atom. The summed E-state index contributed by atoms with van der Waals surface area (Å²) in [6.45, 7) is 7.26. The van der Waals surface area contributed by atoms with Gasteiger partial charge in [0.1, 0.15) is 5.75 Å². The highest BCUT2D eigenvalue weighted by atomic mass is 35.5. The van der Waals surface area contributed by atoms with Gasteiger partial charge in [-0.3, -0.25) is 0 Å². The van der Waals surface area contributed by atoms with Crippen molar-refractivity contribution in [3.05, 3.63) is 81.8 Å². The van der Waals surface area contributed by atoms with Gasteiger partial charge in [-0.05, 0) is 59.9 Å². The van der Waals surface area contributed by atoms with Crippen molar-refractivity contribution in [3.63, 3.8) is 0 Å². The van der Waals surface area contributed by atoms with E-state index >= 15 is 0 Å². The molecule has 0 N–H and O–H groups in total. The van der Waals surface area contributed by atoms with E-state index in [0.717, 1.165) is 36.3 Å². The predicted octanol–water partition coefficient (Wildman–Crippen LogP) is 9.82. The van der Waals surface area contributed by atoms with Crippen LogP contribution in [0.3, 0.4) is 0 Å². The summed E-state index contributed by atoms with van der Waals surface area (Å²) in [6, 6.07) is 17.8. The van der Waals surface area contributed by atoms with Crippen molar-refractivity contribution in [2.24, 2.45) is 5.92 Å². The normalized spacial score (nSPS) is 11.6. The molecule has 0 aliphatic rings. The van der Waals surface area contributed by atoms with Crippen molar-refractivity contribution in [3.8, 4) is 22.6 Å². The molecule has 3 rings (SSSR count). The summed E-state index contributed by atoms with van der Waals surface area (Å²) in [6.07, 6.45) is 8.28. The maximum atomic E-state index is 12.8. The molecule has 5 nitrogen and oxygen atoms in total. The topological polar surface area (TPSA) is 61.8 Å². The van der Waals surface area contributed by atoms with E-state index in [2.05, 4.69) is 6.92 Å². The molecule has 3 aromatic rings. The van der Waals surface area contributed by atoms with Crippen LogP contribution in [-0.2, 0) is 4.74 Å². The zero-order chi connectivity index (χ0) is 28.9. The van der Waals surface area contributed by atoms with Crippen molar-refractivity contribution < 1.29 is 23.8 Å². The summed E-state index contributed by atoms with van der Waals surface area (Å²) >= 11 is 12.6. The molecule has 0 saturated carbocycles. The van der Waals surface area contributed by atoms with E-state index in [1.807, 2.05) is 50.2 Å². The molecule has 0 radical (unpaired) electrons. The van der Waals surface area contributed by atoms with E-state index in [-0.39, 0.29) is 27.3 Å². The molecular formula is C33H38Cl2O5. The SMILES string of the molecule is CCCCCCCCOc1ccc(-c2ccc(C(=O)Oc3c(Cl)cc(C(=O)OC[C@H](C)CC)cc3Cl)cc2)cc1. The van der Waals surface area contributed by atoms with Gasteiger partial charge in [-0.15, -0.1) is 0 Å². The highest BCUT2D eigenvalue weighted by Gasteiger charge is 2.19. The Bertz CT molecular complexity index is 1220. The largest absolute Gasteiger partial charge is 0.494 e. The number of rotatable bonds is 15. The first-order chi connectivity index (χ1) is 19.3. The second-order valence-electron chi connectivity index (χ2n) is 9.99. The van der Waals surface area contributed by atoms with E-state index in [1.54, 1.807) is 12.1 Å². The van der Waals surface area contributed by atoms with Crippen LogP contribution in [0, 0.1) is 5.92 Å². The Hall–Kier alpha value is -3.02. The number of hydrogen-bond donors (Lipinski definition) is 0. The van der Waals surface area contributed by atoms with Crippen molar-refractivity contribution >= 4 is 35.1 Å². The first-order valence-corrected chi connectivity index (χ1v) is 14.8. The number of unbranched alkanes of at least 4 members (excludes halogenated alkanes) is 5. The minimum Gasteiger partial charge on any atom is -0.494 e. The zero-order valence-corrected chi connectivity index (χ0v) is 25.0. The molecule has 0 bridgehead atoms. The van der Waals surface area contributed by atoms with Gasteiger partial charge in [0.2, 0.25) is 0 Å². The smallest absolute Gasteiger partial charge is 0.343 e. The third-order valence-electron chi connectivity index (χ3n) is 6.70. The molecule has 0 fully saturated rings. The number of esters is 2. The fourth-order valence-electron chi connectivity index (χ4n) is 3.96. The van der Waals surface area contributed by atoms with Crippen LogP contribution in [0.25, 0.3) is 11.1 Å². The summed E-state index contributed by atoms with van der Waals surface area (Å²) in [4.78, 5) is 25.1. The molecular weight excluding hydrogens is 547 g/mol. The third-order valence-corrected chi connectivity index (χ3v) is 7.26. The molecule has 7 heteroatoms. The molecule has 214 valence electrons. The molecule has 0 aromatic heterocycles. The number of ether oxygens (including phenoxy) is 3. The highest BCUT2D eigenvalue weighted by Crippen LogP contribution is 2.35. The van der Waals surface area contributed by atoms with Crippen LogP contribution in [0.5, 0.6) is 11.5 Å². The van der Waals surface area contributed by atoms with Gasteiger partial charge in [0.15, 0.2) is 5.75 Å². The Kier molecular flexibility index (Phi) is 12.8. The van der Waals surface area contributed by atoms with Gasteiger partial charge < -0.3 is 14.2 Å². The number of carbonyl (C=O) groups is 2. The van der Waals surface area contributed by atoms with Crippen LogP contribution in [0.4, 0.5) is 0 Å². The molecule has 0 unspecified atom stereocenters. The van der Waals surface area contributed by atoms with E-state index in [1.165, 1.54) is 44.2 Å². The van der Waals surface area contributed by atoms with Gasteiger partial charge in [0, 0.05) is 0 Å². The van der Waals surface area contributed by atoms with Gasteiger partial charge in [0.25, 0.3) is 0 Å². The summed E-state index contributed by atoms with van der Waals surface area (Å²) in [5.41, 5.74) is 2.50. The summed E-state index contributed by atoms with van der Waals surface area (Å²) in [5.74, 6) is -0.0565. The average Bonchev–Trinajstić information content (AvgIpc) is 2.97. The van der Waals surface area contributed by atoms with Gasteiger partial charge in [-0.1, -0.05) is 107 Å². The maximum absolute atomic E-state index is 12.8. The standard InChI is InChI=1S/C33H38Cl2O5/c1-4-6-7-8-9-10-19-38-28-17-15-25(16-18-28)24-11-13-26(14-12-24)33(37)40-31-29(34)20-27(21-30(31)35)32(36)39-22-23(3)5-2/h11-18,20-21,23H,4-10,19,22H2,1-3H3/t23-/m1/s1. The summed E-state index contributed by atoms with van der Waals surface area (Å²) in [7, 11) is 0. The van der Waals surface area contributed by atoms with E-state index in [0.29, 0.717) is 12.2 Å². The fraction of sp³-hybridized carbons (Fsp3) is 0.394. The molecule has 0 amide bonds. The lowest BCUT2D eigenvalue weighted by atomic mass is 10.0. The van der Waals surface area contributed by atoms with Crippen LogP contribution < -0.4 is 9.47 Å². The Morgan fingerprint density at radius 3 is 1.93 bits per heavy atom. The third kappa shape index (κ3) is 9.57. The number of halogens is 2. The first-order valence-electron chi connectivity index (χ1n) is 14.0. The van der Waals surface area contributed by atoms with Gasteiger partial charge in [0.05, 0.1) is 34.4 Å². The second kappa shape index (κ2) is 16.3. The lowest BCUT2D eigenvalue weighted by molar-refractivity contribution is 0.0447. The quantitative estimate of drug-likeness (QED) is 0.101. The zero-order valence-electron chi connectivity index (χ0n) is 23.5. The van der Waals surface area contributed by atoms with E-state index < -0.39 is 11.9 Å². The minimum atomic E-state index is -0.610. The molecule has 0 aliphatic heterocycles.